The third-order valence-electron chi connectivity index (χ3n) is 4.00. The molecule has 0 fully saturated rings. The van der Waals surface area contributed by atoms with E-state index >= 15 is 0 Å². The fraction of sp³-hybridized carbons (Fsp3) is 0.368. The summed E-state index contributed by atoms with van der Waals surface area (Å²) in [5.41, 5.74) is 3.55. The number of rotatable bonds is 7. The van der Waals surface area contributed by atoms with Gasteiger partial charge >= 0.3 is 0 Å². The Kier molecular flexibility index (Phi) is 6.32. The summed E-state index contributed by atoms with van der Waals surface area (Å²) in [6, 6.07) is 13.3. The molecule has 2 aromatic carbocycles. The molecule has 0 aliphatic rings. The van der Waals surface area contributed by atoms with E-state index in [1.165, 1.54) is 0 Å². The standard InChI is InChI=1S/C19H26N4O/c1-5-23(6-2)14-15-13-17(9-12-19(15)24)21-20-16-7-10-18(11-8-16)22(3)4/h7-13,24H,5-6,14H2,1-4H3. The Morgan fingerprint density at radius 3 is 2.04 bits per heavy atom. The topological polar surface area (TPSA) is 51.4 Å². The Morgan fingerprint density at radius 1 is 0.875 bits per heavy atom. The fourth-order valence-electron chi connectivity index (χ4n) is 2.38. The fourth-order valence-corrected chi connectivity index (χ4v) is 2.38. The second-order valence-corrected chi connectivity index (χ2v) is 5.89. The predicted molar refractivity (Wildman–Crippen MR) is 99.7 cm³/mol. The van der Waals surface area contributed by atoms with Crippen LogP contribution in [0.2, 0.25) is 0 Å². The van der Waals surface area contributed by atoms with Crippen LogP contribution in [0.4, 0.5) is 17.1 Å². The van der Waals surface area contributed by atoms with Gasteiger partial charge in [-0.15, -0.1) is 0 Å². The van der Waals surface area contributed by atoms with Crippen molar-refractivity contribution in [3.8, 4) is 5.75 Å². The van der Waals surface area contributed by atoms with Crippen LogP contribution in [0.25, 0.3) is 0 Å². The molecule has 128 valence electrons. The van der Waals surface area contributed by atoms with Gasteiger partial charge in [0.25, 0.3) is 0 Å². The highest BCUT2D eigenvalue weighted by Crippen LogP contribution is 2.26. The Bertz CT molecular complexity index is 676. The number of azo groups is 1. The van der Waals surface area contributed by atoms with Crippen LogP contribution in [-0.2, 0) is 6.54 Å². The van der Waals surface area contributed by atoms with Crippen LogP contribution in [0.3, 0.4) is 0 Å². The molecule has 0 spiro atoms. The van der Waals surface area contributed by atoms with Crippen molar-refractivity contribution in [2.75, 3.05) is 32.1 Å². The van der Waals surface area contributed by atoms with Crippen LogP contribution in [0.15, 0.2) is 52.7 Å². The first-order valence-electron chi connectivity index (χ1n) is 8.26. The van der Waals surface area contributed by atoms with Gasteiger partial charge in [0.2, 0.25) is 0 Å². The maximum atomic E-state index is 10.0. The zero-order valence-electron chi connectivity index (χ0n) is 14.9. The lowest BCUT2D eigenvalue weighted by molar-refractivity contribution is 0.291. The number of hydrogen-bond acceptors (Lipinski definition) is 5. The van der Waals surface area contributed by atoms with Gasteiger partial charge in [0.05, 0.1) is 11.4 Å². The Labute approximate surface area is 144 Å². The van der Waals surface area contributed by atoms with Gasteiger partial charge < -0.3 is 10.0 Å². The zero-order chi connectivity index (χ0) is 17.5. The van der Waals surface area contributed by atoms with E-state index in [9.17, 15) is 5.11 Å². The van der Waals surface area contributed by atoms with Crippen molar-refractivity contribution in [3.05, 3.63) is 48.0 Å². The first kappa shape index (κ1) is 17.9. The number of phenolic OH excluding ortho intramolecular Hbond substituents is 1. The molecule has 0 radical (unpaired) electrons. The predicted octanol–water partition coefficient (Wildman–Crippen LogP) is 4.72. The van der Waals surface area contributed by atoms with Gasteiger partial charge in [0, 0.05) is 31.9 Å². The molecule has 0 aromatic heterocycles. The summed E-state index contributed by atoms with van der Waals surface area (Å²) < 4.78 is 0. The third-order valence-corrected chi connectivity index (χ3v) is 4.00. The number of hydrogen-bond donors (Lipinski definition) is 1. The molecule has 2 rings (SSSR count). The Hall–Kier alpha value is -2.40. The molecule has 2 aromatic rings. The number of aromatic hydroxyl groups is 1. The number of benzene rings is 2. The highest BCUT2D eigenvalue weighted by atomic mass is 16.3. The highest BCUT2D eigenvalue weighted by Gasteiger charge is 2.07. The van der Waals surface area contributed by atoms with Crippen molar-refractivity contribution < 1.29 is 5.11 Å². The summed E-state index contributed by atoms with van der Waals surface area (Å²) in [6.45, 7) is 6.82. The van der Waals surface area contributed by atoms with Crippen molar-refractivity contribution in [2.24, 2.45) is 10.2 Å². The van der Waals surface area contributed by atoms with E-state index in [0.29, 0.717) is 12.3 Å². The minimum absolute atomic E-state index is 0.302. The minimum Gasteiger partial charge on any atom is -0.508 e. The van der Waals surface area contributed by atoms with Crippen LogP contribution in [0, 0.1) is 0 Å². The lowest BCUT2D eigenvalue weighted by Crippen LogP contribution is -2.22. The van der Waals surface area contributed by atoms with Gasteiger partial charge in [0.15, 0.2) is 0 Å². The van der Waals surface area contributed by atoms with Crippen molar-refractivity contribution in [2.45, 2.75) is 20.4 Å². The van der Waals surface area contributed by atoms with E-state index in [1.54, 1.807) is 12.1 Å². The van der Waals surface area contributed by atoms with Crippen molar-refractivity contribution in [3.63, 3.8) is 0 Å². The minimum atomic E-state index is 0.302. The van der Waals surface area contributed by atoms with E-state index in [2.05, 4.69) is 29.0 Å². The smallest absolute Gasteiger partial charge is 0.120 e. The molecule has 24 heavy (non-hydrogen) atoms. The van der Waals surface area contributed by atoms with Gasteiger partial charge in [-0.25, -0.2) is 0 Å². The summed E-state index contributed by atoms with van der Waals surface area (Å²) in [5.74, 6) is 0.302. The quantitative estimate of drug-likeness (QED) is 0.749. The van der Waals surface area contributed by atoms with Crippen LogP contribution in [-0.4, -0.2) is 37.2 Å². The van der Waals surface area contributed by atoms with Gasteiger partial charge in [-0.05, 0) is 55.6 Å². The van der Waals surface area contributed by atoms with E-state index in [0.717, 1.165) is 35.7 Å². The van der Waals surface area contributed by atoms with Crippen LogP contribution in [0.1, 0.15) is 19.4 Å². The summed E-state index contributed by atoms with van der Waals surface area (Å²) >= 11 is 0. The molecular formula is C19H26N4O. The summed E-state index contributed by atoms with van der Waals surface area (Å²) in [4.78, 5) is 4.29. The van der Waals surface area contributed by atoms with Crippen molar-refractivity contribution in [1.29, 1.82) is 0 Å². The number of phenols is 1. The highest BCUT2D eigenvalue weighted by molar-refractivity contribution is 5.52. The summed E-state index contributed by atoms with van der Waals surface area (Å²) in [6.07, 6.45) is 0. The molecule has 1 N–H and O–H groups in total. The van der Waals surface area contributed by atoms with E-state index in [4.69, 9.17) is 0 Å². The monoisotopic (exact) mass is 326 g/mol. The molecule has 5 nitrogen and oxygen atoms in total. The first-order chi connectivity index (χ1) is 11.5. The molecule has 0 saturated carbocycles. The van der Waals surface area contributed by atoms with E-state index < -0.39 is 0 Å². The van der Waals surface area contributed by atoms with Crippen LogP contribution >= 0.6 is 0 Å². The van der Waals surface area contributed by atoms with Gasteiger partial charge in [0.1, 0.15) is 5.75 Å². The molecule has 0 unspecified atom stereocenters. The molecular weight excluding hydrogens is 300 g/mol. The molecule has 0 atom stereocenters. The average molecular weight is 326 g/mol. The second kappa shape index (κ2) is 8.45. The molecule has 5 heteroatoms. The van der Waals surface area contributed by atoms with E-state index in [-0.39, 0.29) is 0 Å². The summed E-state index contributed by atoms with van der Waals surface area (Å²) in [5, 5.41) is 18.6. The first-order valence-corrected chi connectivity index (χ1v) is 8.26. The SMILES string of the molecule is CCN(CC)Cc1cc(N=Nc2ccc(N(C)C)cc2)ccc1O. The maximum absolute atomic E-state index is 10.0. The summed E-state index contributed by atoms with van der Waals surface area (Å²) in [7, 11) is 4.01. The van der Waals surface area contributed by atoms with Crippen molar-refractivity contribution in [1.82, 2.24) is 4.90 Å². The van der Waals surface area contributed by atoms with Crippen molar-refractivity contribution >= 4 is 17.1 Å². The zero-order valence-corrected chi connectivity index (χ0v) is 14.9. The molecule has 0 aliphatic heterocycles. The number of nitrogens with zero attached hydrogens (tertiary/aromatic N) is 4. The third kappa shape index (κ3) is 4.80. The number of anilines is 1. The van der Waals surface area contributed by atoms with E-state index in [1.807, 2.05) is 49.3 Å². The lowest BCUT2D eigenvalue weighted by atomic mass is 10.1. The molecule has 0 amide bonds. The Morgan fingerprint density at radius 2 is 1.46 bits per heavy atom. The average Bonchev–Trinajstić information content (AvgIpc) is 2.60. The second-order valence-electron chi connectivity index (χ2n) is 5.89. The molecule has 0 saturated heterocycles. The largest absolute Gasteiger partial charge is 0.508 e. The lowest BCUT2D eigenvalue weighted by Gasteiger charge is -2.18. The van der Waals surface area contributed by atoms with Gasteiger partial charge in [-0.1, -0.05) is 13.8 Å². The van der Waals surface area contributed by atoms with Gasteiger partial charge in [-0.3, -0.25) is 4.90 Å². The molecule has 0 aliphatic carbocycles. The molecule has 0 heterocycles. The Balaban J connectivity index is 2.14. The van der Waals surface area contributed by atoms with Gasteiger partial charge in [-0.2, -0.15) is 10.2 Å². The normalized spacial score (nSPS) is 11.4. The van der Waals surface area contributed by atoms with Crippen LogP contribution in [0.5, 0.6) is 5.75 Å². The maximum Gasteiger partial charge on any atom is 0.120 e. The molecule has 0 bridgehead atoms. The van der Waals surface area contributed by atoms with Crippen LogP contribution < -0.4 is 4.90 Å².